The van der Waals surface area contributed by atoms with E-state index in [9.17, 15) is 18.0 Å². The molecule has 0 aliphatic carbocycles. The summed E-state index contributed by atoms with van der Waals surface area (Å²) in [6.07, 6.45) is -2.37. The van der Waals surface area contributed by atoms with Crippen molar-refractivity contribution >= 4 is 6.29 Å². The predicted molar refractivity (Wildman–Crippen MR) is 57.9 cm³/mol. The highest BCUT2D eigenvalue weighted by Gasteiger charge is 2.31. The predicted octanol–water partition coefficient (Wildman–Crippen LogP) is 2.97. The minimum atomic E-state index is -4.46. The van der Waals surface area contributed by atoms with Gasteiger partial charge in [-0.2, -0.15) is 13.2 Å². The van der Waals surface area contributed by atoms with E-state index in [1.54, 1.807) is 18.2 Å². The summed E-state index contributed by atoms with van der Waals surface area (Å²) in [5.41, 5.74) is 0.00196. The van der Waals surface area contributed by atoms with Crippen LogP contribution in [0.15, 0.2) is 36.7 Å². The molecule has 92 valence electrons. The lowest BCUT2D eigenvalue weighted by atomic mass is 10.1. The van der Waals surface area contributed by atoms with Crippen molar-refractivity contribution in [2.24, 2.45) is 0 Å². The molecule has 0 N–H and O–H groups in total. The van der Waals surface area contributed by atoms with Gasteiger partial charge in [-0.15, -0.1) is 0 Å². The van der Waals surface area contributed by atoms with Crippen LogP contribution in [0, 0.1) is 0 Å². The average Bonchev–Trinajstić information content (AvgIpc) is 2.38. The number of rotatable bonds is 2. The molecule has 6 heteroatoms. The molecule has 0 unspecified atom stereocenters. The molecule has 2 rings (SSSR count). The fraction of sp³-hybridized carbons (Fsp3) is 0.0833. The first-order chi connectivity index (χ1) is 8.50. The molecule has 0 amide bonds. The van der Waals surface area contributed by atoms with Crippen molar-refractivity contribution in [3.63, 3.8) is 0 Å². The zero-order valence-corrected chi connectivity index (χ0v) is 8.98. The third kappa shape index (κ3) is 2.53. The number of halogens is 3. The monoisotopic (exact) mass is 252 g/mol. The number of benzene rings is 1. The van der Waals surface area contributed by atoms with E-state index in [0.717, 1.165) is 12.4 Å². The van der Waals surface area contributed by atoms with Crippen molar-refractivity contribution < 1.29 is 18.0 Å². The summed E-state index contributed by atoms with van der Waals surface area (Å²) in [7, 11) is 0. The molecule has 0 saturated carbocycles. The molecule has 0 aliphatic heterocycles. The van der Waals surface area contributed by atoms with Gasteiger partial charge in [0.1, 0.15) is 6.29 Å². The first-order valence-corrected chi connectivity index (χ1v) is 4.95. The highest BCUT2D eigenvalue weighted by Crippen LogP contribution is 2.28. The van der Waals surface area contributed by atoms with Crippen molar-refractivity contribution in [3.8, 4) is 11.4 Å². The Hall–Kier alpha value is -2.24. The van der Waals surface area contributed by atoms with Gasteiger partial charge in [0.2, 0.25) is 0 Å². The van der Waals surface area contributed by atoms with Crippen molar-refractivity contribution in [3.05, 3.63) is 47.8 Å². The minimum absolute atomic E-state index is 0.145. The number of nitrogens with zero attached hydrogens (tertiary/aromatic N) is 2. The van der Waals surface area contributed by atoms with Gasteiger partial charge in [0.25, 0.3) is 0 Å². The third-order valence-electron chi connectivity index (χ3n) is 2.26. The van der Waals surface area contributed by atoms with Gasteiger partial charge < -0.3 is 0 Å². The third-order valence-corrected chi connectivity index (χ3v) is 2.26. The number of alkyl halides is 3. The van der Waals surface area contributed by atoms with Crippen LogP contribution in [0.25, 0.3) is 11.4 Å². The van der Waals surface area contributed by atoms with Gasteiger partial charge in [0.05, 0.1) is 5.56 Å². The molecule has 1 aromatic carbocycles. The SMILES string of the molecule is O=Cc1cccc(-c2ncc(C(F)(F)F)cn2)c1. The van der Waals surface area contributed by atoms with Crippen LogP contribution in [0.1, 0.15) is 15.9 Å². The number of carbonyl (C=O) groups is 1. The van der Waals surface area contributed by atoms with E-state index < -0.39 is 11.7 Å². The molecule has 3 nitrogen and oxygen atoms in total. The van der Waals surface area contributed by atoms with Gasteiger partial charge in [0, 0.05) is 23.5 Å². The molecule has 0 radical (unpaired) electrons. The number of hydrogen-bond donors (Lipinski definition) is 0. The first-order valence-electron chi connectivity index (χ1n) is 4.95. The molecule has 0 atom stereocenters. The van der Waals surface area contributed by atoms with Crippen LogP contribution in [0.3, 0.4) is 0 Å². The molecular formula is C12H7F3N2O. The van der Waals surface area contributed by atoms with Gasteiger partial charge in [-0.25, -0.2) is 9.97 Å². The van der Waals surface area contributed by atoms with Crippen LogP contribution in [-0.4, -0.2) is 16.3 Å². The van der Waals surface area contributed by atoms with Gasteiger partial charge in [-0.1, -0.05) is 18.2 Å². The van der Waals surface area contributed by atoms with Crippen LogP contribution < -0.4 is 0 Å². The maximum atomic E-state index is 12.3. The Morgan fingerprint density at radius 1 is 1.11 bits per heavy atom. The summed E-state index contributed by atoms with van der Waals surface area (Å²) in [5.74, 6) is 0.145. The Bertz CT molecular complexity index is 564. The number of aldehydes is 1. The molecule has 0 aliphatic rings. The lowest BCUT2D eigenvalue weighted by Gasteiger charge is -2.06. The van der Waals surface area contributed by atoms with Crippen molar-refractivity contribution in [1.29, 1.82) is 0 Å². The van der Waals surface area contributed by atoms with Crippen molar-refractivity contribution in [1.82, 2.24) is 9.97 Å². The van der Waals surface area contributed by atoms with Crippen LogP contribution in [0.2, 0.25) is 0 Å². The number of carbonyl (C=O) groups excluding carboxylic acids is 1. The zero-order chi connectivity index (χ0) is 13.2. The Labute approximate surface area is 100 Å². The highest BCUT2D eigenvalue weighted by atomic mass is 19.4. The lowest BCUT2D eigenvalue weighted by Crippen LogP contribution is -2.06. The normalized spacial score (nSPS) is 11.3. The Kier molecular flexibility index (Phi) is 3.10. The second-order valence-electron chi connectivity index (χ2n) is 3.54. The summed E-state index contributed by atoms with van der Waals surface area (Å²) in [4.78, 5) is 17.9. The second kappa shape index (κ2) is 4.56. The molecule has 0 saturated heterocycles. The van der Waals surface area contributed by atoms with Gasteiger partial charge in [-0.3, -0.25) is 4.79 Å². The van der Waals surface area contributed by atoms with E-state index in [0.29, 0.717) is 17.4 Å². The molecule has 0 spiro atoms. The second-order valence-corrected chi connectivity index (χ2v) is 3.54. The van der Waals surface area contributed by atoms with Crippen LogP contribution in [0.5, 0.6) is 0 Å². The Morgan fingerprint density at radius 3 is 2.33 bits per heavy atom. The summed E-state index contributed by atoms with van der Waals surface area (Å²) in [5, 5.41) is 0. The Morgan fingerprint density at radius 2 is 1.78 bits per heavy atom. The molecule has 2 aromatic rings. The van der Waals surface area contributed by atoms with Crippen LogP contribution in [-0.2, 0) is 6.18 Å². The standard InChI is InChI=1S/C12H7F3N2O/c13-12(14,15)10-5-16-11(17-6-10)9-3-1-2-8(4-9)7-18/h1-7H. The quantitative estimate of drug-likeness (QED) is 0.771. The topological polar surface area (TPSA) is 42.9 Å². The molecule has 0 bridgehead atoms. The van der Waals surface area contributed by atoms with Crippen molar-refractivity contribution in [2.75, 3.05) is 0 Å². The van der Waals surface area contributed by atoms with E-state index in [1.165, 1.54) is 6.07 Å². The first kappa shape index (κ1) is 12.2. The maximum Gasteiger partial charge on any atom is 0.419 e. The lowest BCUT2D eigenvalue weighted by molar-refractivity contribution is -0.138. The van der Waals surface area contributed by atoms with Crippen LogP contribution in [0.4, 0.5) is 13.2 Å². The van der Waals surface area contributed by atoms with E-state index in [-0.39, 0.29) is 5.82 Å². The summed E-state index contributed by atoms with van der Waals surface area (Å²) >= 11 is 0. The molecular weight excluding hydrogens is 245 g/mol. The molecule has 18 heavy (non-hydrogen) atoms. The van der Waals surface area contributed by atoms with Crippen molar-refractivity contribution in [2.45, 2.75) is 6.18 Å². The number of hydrogen-bond acceptors (Lipinski definition) is 3. The fourth-order valence-electron chi connectivity index (χ4n) is 1.37. The largest absolute Gasteiger partial charge is 0.419 e. The van der Waals surface area contributed by atoms with E-state index >= 15 is 0 Å². The van der Waals surface area contributed by atoms with Gasteiger partial charge in [0.15, 0.2) is 5.82 Å². The van der Waals surface area contributed by atoms with E-state index in [4.69, 9.17) is 0 Å². The summed E-state index contributed by atoms with van der Waals surface area (Å²) < 4.78 is 36.9. The summed E-state index contributed by atoms with van der Waals surface area (Å²) in [6, 6.07) is 6.33. The molecule has 1 aromatic heterocycles. The van der Waals surface area contributed by atoms with Gasteiger partial charge in [-0.05, 0) is 6.07 Å². The van der Waals surface area contributed by atoms with E-state index in [2.05, 4.69) is 9.97 Å². The minimum Gasteiger partial charge on any atom is -0.298 e. The average molecular weight is 252 g/mol. The fourth-order valence-corrected chi connectivity index (χ4v) is 1.37. The smallest absolute Gasteiger partial charge is 0.298 e. The zero-order valence-electron chi connectivity index (χ0n) is 8.98. The summed E-state index contributed by atoms with van der Waals surface area (Å²) in [6.45, 7) is 0. The Balaban J connectivity index is 2.37. The number of aromatic nitrogens is 2. The van der Waals surface area contributed by atoms with Gasteiger partial charge >= 0.3 is 6.18 Å². The van der Waals surface area contributed by atoms with Crippen LogP contribution >= 0.6 is 0 Å². The molecule has 0 fully saturated rings. The molecule has 1 heterocycles. The van der Waals surface area contributed by atoms with E-state index in [1.807, 2.05) is 0 Å². The maximum absolute atomic E-state index is 12.3. The highest BCUT2D eigenvalue weighted by molar-refractivity contribution is 5.77.